The topological polar surface area (TPSA) is 137 Å². The second-order valence-electron chi connectivity index (χ2n) is 25.4. The van der Waals surface area contributed by atoms with Crippen molar-refractivity contribution in [3.8, 4) is 79.2 Å². The molecule has 21 aromatic rings. The third kappa shape index (κ3) is 10.8. The molecule has 0 saturated heterocycles. The molecule has 0 aliphatic heterocycles. The molecule has 491 valence electrons. The maximum absolute atomic E-state index is 10.1. The molecule has 0 fully saturated rings. The molecule has 0 spiro atoms. The number of aromatic carboxylic acids is 1. The van der Waals surface area contributed by atoms with E-state index in [1.165, 1.54) is 55.9 Å². The van der Waals surface area contributed by atoms with Gasteiger partial charge in [0.25, 0.3) is 0 Å². The van der Waals surface area contributed by atoms with E-state index in [9.17, 15) is 4.79 Å². The minimum atomic E-state index is -0.990. The molecule has 0 atom stereocenters. The number of carbonyl (C=O) groups is 1. The molecular formula is C92H55IrN9O2-2. The number of hydrogen-bond donors (Lipinski definition) is 1. The van der Waals surface area contributed by atoms with Gasteiger partial charge in [0, 0.05) is 135 Å². The van der Waals surface area contributed by atoms with Crippen LogP contribution in [0.25, 0.3) is 188 Å². The van der Waals surface area contributed by atoms with Crippen LogP contribution in [0.2, 0.25) is 0 Å². The molecule has 7 heterocycles. The van der Waals surface area contributed by atoms with Crippen LogP contribution in [-0.2, 0) is 20.1 Å². The van der Waals surface area contributed by atoms with Crippen LogP contribution in [0.5, 0.6) is 0 Å². The van der Waals surface area contributed by atoms with E-state index >= 15 is 0 Å². The van der Waals surface area contributed by atoms with Gasteiger partial charge in [-0.05, 0) is 72.0 Å². The van der Waals surface area contributed by atoms with E-state index in [4.69, 9.17) is 35.0 Å². The zero-order valence-corrected chi connectivity index (χ0v) is 57.8. The van der Waals surface area contributed by atoms with Crippen molar-refractivity contribution >= 4 is 115 Å². The first-order valence-electron chi connectivity index (χ1n) is 34.0. The molecular weight excluding hydrogens is 1460 g/mol. The summed E-state index contributed by atoms with van der Waals surface area (Å²) < 4.78 is 4.60. The molecule has 0 unspecified atom stereocenters. The van der Waals surface area contributed by atoms with E-state index in [1.807, 2.05) is 36.4 Å². The number of pyridine rings is 3. The number of benzene rings is 14. The molecule has 0 bridgehead atoms. The third-order valence-corrected chi connectivity index (χ3v) is 19.4. The van der Waals surface area contributed by atoms with Crippen LogP contribution in [0.15, 0.2) is 328 Å². The number of carboxylic acids is 1. The number of hydrogen-bond acceptors (Lipinski definition) is 8. The maximum Gasteiger partial charge on any atom is 0.354 e. The van der Waals surface area contributed by atoms with Gasteiger partial charge >= 0.3 is 5.97 Å². The van der Waals surface area contributed by atoms with Crippen molar-refractivity contribution in [2.45, 2.75) is 0 Å². The van der Waals surface area contributed by atoms with Gasteiger partial charge in [0.05, 0.1) is 56.5 Å². The van der Waals surface area contributed by atoms with Crippen LogP contribution >= 0.6 is 0 Å². The molecule has 0 saturated carbocycles. The van der Waals surface area contributed by atoms with Gasteiger partial charge in [0.2, 0.25) is 0 Å². The molecule has 0 aliphatic rings. The number of fused-ring (bicyclic) bond motifs is 6. The summed E-state index contributed by atoms with van der Waals surface area (Å²) >= 11 is 0. The van der Waals surface area contributed by atoms with Crippen molar-refractivity contribution in [2.24, 2.45) is 0 Å². The molecule has 0 aliphatic carbocycles. The van der Waals surface area contributed by atoms with Gasteiger partial charge in [-0.15, -0.1) is 59.7 Å². The van der Waals surface area contributed by atoms with Crippen molar-refractivity contribution in [2.75, 3.05) is 0 Å². The van der Waals surface area contributed by atoms with Gasteiger partial charge in [-0.25, -0.2) is 19.7 Å². The van der Waals surface area contributed by atoms with Gasteiger partial charge in [-0.3, -0.25) is 19.9 Å². The van der Waals surface area contributed by atoms with Gasteiger partial charge in [-0.2, -0.15) is 0 Å². The molecule has 7 aromatic heterocycles. The Hall–Kier alpha value is -13.5. The average Bonchev–Trinajstić information content (AvgIpc) is 0.919. The summed E-state index contributed by atoms with van der Waals surface area (Å²) in [5, 5.41) is 22.1. The van der Waals surface area contributed by atoms with Crippen LogP contribution < -0.4 is 0 Å². The fraction of sp³-hybridized carbons (Fsp3) is 0. The summed E-state index contributed by atoms with van der Waals surface area (Å²) in [6, 6.07) is 117. The Balaban J connectivity index is 0.000000131. The van der Waals surface area contributed by atoms with Gasteiger partial charge < -0.3 is 14.2 Å². The number of carboxylic acid groups (broad SMARTS) is 1. The van der Waals surface area contributed by atoms with E-state index in [0.717, 1.165) is 133 Å². The van der Waals surface area contributed by atoms with Crippen LogP contribution in [0.1, 0.15) is 10.5 Å². The third-order valence-electron chi connectivity index (χ3n) is 19.4. The second kappa shape index (κ2) is 26.2. The zero-order valence-electron chi connectivity index (χ0n) is 55.4. The minimum Gasteiger partial charge on any atom is -0.477 e. The van der Waals surface area contributed by atoms with E-state index in [2.05, 4.69) is 293 Å². The summed E-state index contributed by atoms with van der Waals surface area (Å²) in [5.41, 5.74) is 20.4. The Morgan fingerprint density at radius 3 is 0.856 bits per heavy atom. The van der Waals surface area contributed by atoms with Crippen molar-refractivity contribution < 1.29 is 30.0 Å². The minimum absolute atomic E-state index is 0. The second-order valence-corrected chi connectivity index (χ2v) is 25.4. The van der Waals surface area contributed by atoms with Gasteiger partial charge in [0.1, 0.15) is 5.69 Å². The Labute approximate surface area is 609 Å². The first kappa shape index (κ1) is 62.7. The standard InChI is InChI=1S/2C43H25N4.C6H5NO2.Ir/c2*1-3-11-27(12-4-1)41-33-23-25-35-40-36(26-24-34(39(33)40)42(46-41)28-13-5-2-6-14-28)45-43(44-35)29-19-21-30(22-20-29)47-37-17-9-7-15-31(37)32-16-8-10-18-38(32)47;8-6(9)5-3-1-2-4-7-5;/h2*1-19,21-26H;1-4H,(H,8,9);/q2*-1;;. The molecule has 104 heavy (non-hydrogen) atoms. The zero-order chi connectivity index (χ0) is 68.5. The summed E-state index contributed by atoms with van der Waals surface area (Å²) in [6.07, 6.45) is 1.45. The number of aromatic nitrogens is 9. The van der Waals surface area contributed by atoms with E-state index < -0.39 is 5.97 Å². The molecule has 1 radical (unpaired) electrons. The Morgan fingerprint density at radius 2 is 0.587 bits per heavy atom. The SMILES string of the molecule is O=C(O)c1ccccn1.[Ir].[c-]1cc(-n2c3ccccc3c3ccccc32)ccc1-c1nc2ccc3c(-c4ccccc4)nc(-c4ccccc4)c4ccc(n1)c2c34.[c-]1cc(-n2c3ccccc3c3ccccc32)ccc1-c1nc2ccc3c(-c4ccccc4)nc(-c4ccccc4)c4ccc(n1)c2c34. The van der Waals surface area contributed by atoms with Crippen LogP contribution in [0, 0.1) is 12.1 Å². The molecule has 0 amide bonds. The predicted molar refractivity (Wildman–Crippen MR) is 417 cm³/mol. The van der Waals surface area contributed by atoms with Crippen LogP contribution in [0.4, 0.5) is 0 Å². The normalized spacial score (nSPS) is 11.5. The van der Waals surface area contributed by atoms with Gasteiger partial charge in [0.15, 0.2) is 0 Å². The molecule has 11 nitrogen and oxygen atoms in total. The quantitative estimate of drug-likeness (QED) is 0.111. The maximum atomic E-state index is 10.1. The van der Waals surface area contributed by atoms with Crippen molar-refractivity contribution in [3.63, 3.8) is 0 Å². The van der Waals surface area contributed by atoms with Crippen molar-refractivity contribution in [1.29, 1.82) is 0 Å². The summed E-state index contributed by atoms with van der Waals surface area (Å²) in [5.74, 6) is 0.333. The molecule has 14 aromatic carbocycles. The fourth-order valence-electron chi connectivity index (χ4n) is 14.8. The van der Waals surface area contributed by atoms with Crippen molar-refractivity contribution in [1.82, 2.24) is 44.0 Å². The Bertz CT molecular complexity index is 6090. The first-order chi connectivity index (χ1) is 50.9. The summed E-state index contributed by atoms with van der Waals surface area (Å²) in [6.45, 7) is 0. The van der Waals surface area contributed by atoms with Crippen LogP contribution in [0.3, 0.4) is 0 Å². The molecule has 12 heteroatoms. The smallest absolute Gasteiger partial charge is 0.354 e. The van der Waals surface area contributed by atoms with E-state index in [0.29, 0.717) is 11.6 Å². The fourth-order valence-corrected chi connectivity index (χ4v) is 14.8. The Kier molecular flexibility index (Phi) is 15.8. The van der Waals surface area contributed by atoms with Gasteiger partial charge in [-0.1, -0.05) is 224 Å². The van der Waals surface area contributed by atoms with Crippen LogP contribution in [-0.4, -0.2) is 55.1 Å². The van der Waals surface area contributed by atoms with E-state index in [1.54, 1.807) is 12.1 Å². The largest absolute Gasteiger partial charge is 0.477 e. The molecule has 21 rings (SSSR count). The van der Waals surface area contributed by atoms with E-state index in [-0.39, 0.29) is 25.8 Å². The Morgan fingerprint density at radius 1 is 0.288 bits per heavy atom. The predicted octanol–water partition coefficient (Wildman–Crippen LogP) is 22.1. The number of nitrogens with zero attached hydrogens (tertiary/aromatic N) is 9. The first-order valence-corrected chi connectivity index (χ1v) is 34.0. The summed E-state index contributed by atoms with van der Waals surface area (Å²) in [4.78, 5) is 44.8. The average molecular weight is 1510 g/mol. The molecule has 1 N–H and O–H groups in total. The summed E-state index contributed by atoms with van der Waals surface area (Å²) in [7, 11) is 0. The number of rotatable bonds is 9. The monoisotopic (exact) mass is 1510 g/mol. The van der Waals surface area contributed by atoms with Crippen molar-refractivity contribution in [3.05, 3.63) is 346 Å². The number of para-hydroxylation sites is 4.